The highest BCUT2D eigenvalue weighted by molar-refractivity contribution is 5.77. The van der Waals surface area contributed by atoms with Gasteiger partial charge in [0.15, 0.2) is 0 Å². The first-order valence-electron chi connectivity index (χ1n) is 9.93. The van der Waals surface area contributed by atoms with Crippen LogP contribution in [0.4, 0.5) is 0 Å². The highest BCUT2D eigenvalue weighted by atomic mass is 35.7. The molecule has 4 aliphatic rings. The molecule has 8 nitrogen and oxygen atoms in total. The fraction of sp³-hybridized carbons (Fsp3) is 0.944. The lowest BCUT2D eigenvalue weighted by Gasteiger charge is -2.59. The predicted octanol–water partition coefficient (Wildman–Crippen LogP) is -4.10. The van der Waals surface area contributed by atoms with Crippen LogP contribution in [0.5, 0.6) is 0 Å². The van der Waals surface area contributed by atoms with Crippen molar-refractivity contribution in [1.29, 1.82) is 0 Å². The third kappa shape index (κ3) is 5.12. The maximum atomic E-state index is 12.4. The van der Waals surface area contributed by atoms with Gasteiger partial charge in [0.05, 0.1) is 18.6 Å². The molecule has 0 aromatic rings. The average molecular weight is 409 g/mol. The van der Waals surface area contributed by atoms with Crippen molar-refractivity contribution in [2.24, 2.45) is 17.8 Å². The molecule has 158 valence electrons. The van der Waals surface area contributed by atoms with E-state index in [-0.39, 0.29) is 5.48 Å². The summed E-state index contributed by atoms with van der Waals surface area (Å²) in [4.78, 5) is 16.7. The van der Waals surface area contributed by atoms with Gasteiger partial charge in [-0.05, 0) is 38.5 Å². The van der Waals surface area contributed by atoms with Gasteiger partial charge in [0.2, 0.25) is 5.91 Å². The molecule has 4 fully saturated rings. The molecule has 27 heavy (non-hydrogen) atoms. The van der Waals surface area contributed by atoms with Gasteiger partial charge >= 0.3 is 0 Å². The molecule has 1 amide bonds. The average Bonchev–Trinajstić information content (AvgIpc) is 2.54. The lowest BCUT2D eigenvalue weighted by molar-refractivity contribution is -2.00. The van der Waals surface area contributed by atoms with Crippen LogP contribution in [0.25, 0.3) is 0 Å². The van der Waals surface area contributed by atoms with Gasteiger partial charge in [-0.2, -0.15) is 0 Å². The number of quaternary nitrogens is 1. The van der Waals surface area contributed by atoms with E-state index in [9.17, 15) is 4.79 Å². The summed E-state index contributed by atoms with van der Waals surface area (Å²) in [6.07, 6.45) is 8.85. The Hall–Kier alpha value is -0.480. The normalized spacial score (nSPS) is 38.2. The Morgan fingerprint density at radius 3 is 2.41 bits per heavy atom. The second-order valence-corrected chi connectivity index (χ2v) is 9.50. The number of rotatable bonds is 1. The van der Waals surface area contributed by atoms with E-state index >= 15 is 0 Å². The maximum absolute atomic E-state index is 12.4. The number of nitrogens with zero attached hydrogens (tertiary/aromatic N) is 1. The summed E-state index contributed by atoms with van der Waals surface area (Å²) < 4.78 is 34.0. The number of fused-ring (bicyclic) bond motifs is 6. The summed E-state index contributed by atoms with van der Waals surface area (Å²) >= 11 is 0. The molecule has 3 N–H and O–H groups in total. The molecule has 4 rings (SSSR count). The number of carbonyl (C=O) groups excluding carboxylic acids is 1. The second kappa shape index (κ2) is 8.90. The Balaban J connectivity index is 0.000000390. The number of nitrogens with one attached hydrogen (secondary N) is 1. The van der Waals surface area contributed by atoms with Gasteiger partial charge < -0.3 is 15.3 Å². The van der Waals surface area contributed by atoms with Crippen molar-refractivity contribution < 1.29 is 44.0 Å². The van der Waals surface area contributed by atoms with E-state index in [1.807, 2.05) is 4.90 Å². The lowest BCUT2D eigenvalue weighted by atomic mass is 9.65. The zero-order valence-electron chi connectivity index (χ0n) is 16.2. The van der Waals surface area contributed by atoms with Crippen LogP contribution in [0, 0.1) is 28.0 Å². The van der Waals surface area contributed by atoms with Gasteiger partial charge in [-0.15, -0.1) is 10.2 Å². The zero-order valence-corrected chi connectivity index (χ0v) is 17.0. The minimum atomic E-state index is -4.94. The number of piperidine rings is 4. The quantitative estimate of drug-likeness (QED) is 0.468. The topological polar surface area (TPSA) is 148 Å². The molecule has 0 radical (unpaired) electrons. The third-order valence-corrected chi connectivity index (χ3v) is 7.00. The van der Waals surface area contributed by atoms with Crippen molar-refractivity contribution in [2.45, 2.75) is 76.9 Å². The van der Waals surface area contributed by atoms with Gasteiger partial charge in [0, 0.05) is 36.8 Å². The van der Waals surface area contributed by atoms with Crippen LogP contribution < -0.4 is 23.5 Å². The standard InChI is InChI=1S/C18H30N2O.ClHO4.H2O/c1-12(2)18-14-10-13(15-6-3-4-9-19(15)18)11-20-16(14)7-5-8-17(20)21;2-1(3,4)5;/h12-16,18H,3-11H2,1-2H3;(H,2,3,4,5);1H2/t13-,14+,15-,16+,18+;;/m0../s1. The Morgan fingerprint density at radius 1 is 1.11 bits per heavy atom. The van der Waals surface area contributed by atoms with Crippen molar-refractivity contribution in [3.8, 4) is 0 Å². The van der Waals surface area contributed by atoms with E-state index in [4.69, 9.17) is 18.6 Å². The molecule has 1 unspecified atom stereocenters. The van der Waals surface area contributed by atoms with Gasteiger partial charge in [0.25, 0.3) is 0 Å². The fourth-order valence-electron chi connectivity index (χ4n) is 6.35. The fourth-order valence-corrected chi connectivity index (χ4v) is 6.35. The van der Waals surface area contributed by atoms with E-state index in [2.05, 4.69) is 18.7 Å². The second-order valence-electron chi connectivity index (χ2n) is 8.74. The first-order valence-corrected chi connectivity index (χ1v) is 11.2. The van der Waals surface area contributed by atoms with E-state index in [1.54, 1.807) is 0 Å². The van der Waals surface area contributed by atoms with E-state index in [0.29, 0.717) is 11.9 Å². The molecular weight excluding hydrogens is 376 g/mol. The van der Waals surface area contributed by atoms with Crippen molar-refractivity contribution in [3.05, 3.63) is 0 Å². The highest BCUT2D eigenvalue weighted by Crippen LogP contribution is 2.41. The van der Waals surface area contributed by atoms with E-state index in [0.717, 1.165) is 49.2 Å². The van der Waals surface area contributed by atoms with Gasteiger partial charge in [0.1, 0.15) is 0 Å². The molecule has 6 atom stereocenters. The first-order chi connectivity index (χ1) is 12.2. The Morgan fingerprint density at radius 2 is 1.78 bits per heavy atom. The number of hydrogen-bond acceptors (Lipinski definition) is 5. The van der Waals surface area contributed by atoms with Gasteiger partial charge in [-0.25, -0.2) is 18.6 Å². The monoisotopic (exact) mass is 408 g/mol. The van der Waals surface area contributed by atoms with Crippen LogP contribution in [0.3, 0.4) is 0 Å². The summed E-state index contributed by atoms with van der Waals surface area (Å²) in [5.41, 5.74) is 0. The molecular formula is C18H33ClN2O6. The number of hydrogen-bond donors (Lipinski definition) is 1. The number of halogens is 1. The summed E-state index contributed by atoms with van der Waals surface area (Å²) in [6, 6.07) is 2.22. The summed E-state index contributed by atoms with van der Waals surface area (Å²) in [5.74, 6) is 2.78. The summed E-state index contributed by atoms with van der Waals surface area (Å²) in [7, 11) is -4.94. The Kier molecular flexibility index (Phi) is 7.52. The molecule has 0 spiro atoms. The Bertz CT molecular complexity index is 509. The summed E-state index contributed by atoms with van der Waals surface area (Å²) in [5, 5.41) is 0. The zero-order chi connectivity index (χ0) is 19.1. The third-order valence-electron chi connectivity index (χ3n) is 7.00. The van der Waals surface area contributed by atoms with Gasteiger partial charge in [-0.3, -0.25) is 4.79 Å². The minimum Gasteiger partial charge on any atom is -0.412 e. The molecule has 4 heterocycles. The van der Waals surface area contributed by atoms with E-state index < -0.39 is 10.2 Å². The van der Waals surface area contributed by atoms with Crippen LogP contribution in [-0.4, -0.2) is 47.5 Å². The maximum Gasteiger partial charge on any atom is 0.222 e. The van der Waals surface area contributed by atoms with Crippen LogP contribution in [0.1, 0.15) is 58.8 Å². The predicted molar refractivity (Wildman–Crippen MR) is 86.7 cm³/mol. The SMILES string of the molecule is CC(C)[C@@H]1[C@@H]2C[C@@H](CN3C(=O)CCC[C@H]23)[C@@H]2CCCC[NH+]12.O.[O-][Cl+3]([O-])([O-])[O-]. The molecule has 9 heteroatoms. The van der Waals surface area contributed by atoms with Crippen LogP contribution in [0.2, 0.25) is 0 Å². The molecule has 4 aliphatic heterocycles. The van der Waals surface area contributed by atoms with Crippen molar-refractivity contribution in [3.63, 3.8) is 0 Å². The molecule has 0 aromatic heterocycles. The highest BCUT2D eigenvalue weighted by Gasteiger charge is 2.55. The lowest BCUT2D eigenvalue weighted by Crippen LogP contribution is -3.23. The van der Waals surface area contributed by atoms with Crippen LogP contribution >= 0.6 is 0 Å². The van der Waals surface area contributed by atoms with Crippen LogP contribution in [-0.2, 0) is 4.79 Å². The minimum absolute atomic E-state index is 0. The molecule has 0 aromatic carbocycles. The smallest absolute Gasteiger partial charge is 0.222 e. The van der Waals surface area contributed by atoms with Crippen molar-refractivity contribution in [1.82, 2.24) is 4.90 Å². The molecule has 0 saturated carbocycles. The largest absolute Gasteiger partial charge is 0.412 e. The van der Waals surface area contributed by atoms with Crippen molar-refractivity contribution >= 4 is 5.91 Å². The van der Waals surface area contributed by atoms with Crippen molar-refractivity contribution in [2.75, 3.05) is 13.1 Å². The Labute approximate surface area is 163 Å². The number of amides is 1. The number of carbonyl (C=O) groups is 1. The molecule has 2 bridgehead atoms. The van der Waals surface area contributed by atoms with Crippen LogP contribution in [0.15, 0.2) is 0 Å². The first kappa shape index (κ1) is 22.8. The molecule has 0 aliphatic carbocycles. The van der Waals surface area contributed by atoms with Gasteiger partial charge in [-0.1, -0.05) is 13.8 Å². The summed E-state index contributed by atoms with van der Waals surface area (Å²) in [6.45, 7) is 7.32. The van der Waals surface area contributed by atoms with E-state index in [1.165, 1.54) is 38.6 Å². The molecule has 4 saturated heterocycles.